The van der Waals surface area contributed by atoms with Gasteiger partial charge in [-0.25, -0.2) is 4.98 Å². The average molecular weight is 233 g/mol. The van der Waals surface area contributed by atoms with Crippen LogP contribution in [-0.4, -0.2) is 19.1 Å². The number of aromatic nitrogens is 1. The molecule has 4 heteroatoms. The fourth-order valence-electron chi connectivity index (χ4n) is 1.47. The fourth-order valence-corrected chi connectivity index (χ4v) is 2.37. The molecule has 2 rings (SSSR count). The van der Waals surface area contributed by atoms with Crippen molar-refractivity contribution in [3.05, 3.63) is 41.4 Å². The summed E-state index contributed by atoms with van der Waals surface area (Å²) in [5.41, 5.74) is 1.16. The zero-order valence-electron chi connectivity index (χ0n) is 9.47. The molecular weight excluding hydrogens is 218 g/mol. The van der Waals surface area contributed by atoms with Gasteiger partial charge in [-0.05, 0) is 19.2 Å². The first-order valence-electron chi connectivity index (χ1n) is 5.19. The van der Waals surface area contributed by atoms with Gasteiger partial charge in [0.05, 0.1) is 0 Å². The molecule has 1 aromatic carbocycles. The second-order valence-electron chi connectivity index (χ2n) is 3.53. The Bertz CT molecular complexity index is 439. The second-order valence-corrected chi connectivity index (χ2v) is 4.63. The van der Waals surface area contributed by atoms with E-state index in [1.54, 1.807) is 11.3 Å². The Kier molecular flexibility index (Phi) is 3.54. The van der Waals surface area contributed by atoms with Crippen LogP contribution in [0.25, 0.3) is 0 Å². The normalized spacial score (nSPS) is 10.4. The maximum Gasteiger partial charge on any atom is 0.189 e. The van der Waals surface area contributed by atoms with Crippen molar-refractivity contribution in [1.82, 2.24) is 10.3 Å². The number of anilines is 2. The lowest BCUT2D eigenvalue weighted by molar-refractivity contribution is 0.829. The molecule has 0 radical (unpaired) electrons. The molecular formula is C12H15N3S. The molecule has 0 aliphatic carbocycles. The monoisotopic (exact) mass is 233 g/mol. The molecule has 0 spiro atoms. The van der Waals surface area contributed by atoms with Gasteiger partial charge in [0.15, 0.2) is 5.13 Å². The summed E-state index contributed by atoms with van der Waals surface area (Å²) in [7, 11) is 3.98. The summed E-state index contributed by atoms with van der Waals surface area (Å²) in [4.78, 5) is 7.77. The Labute approximate surface area is 99.8 Å². The van der Waals surface area contributed by atoms with Gasteiger partial charge in [0.1, 0.15) is 0 Å². The van der Waals surface area contributed by atoms with E-state index in [2.05, 4.69) is 27.3 Å². The van der Waals surface area contributed by atoms with E-state index < -0.39 is 0 Å². The van der Waals surface area contributed by atoms with Crippen molar-refractivity contribution in [2.45, 2.75) is 6.54 Å². The Morgan fingerprint density at radius 1 is 1.31 bits per heavy atom. The minimum atomic E-state index is 0.875. The number of nitrogens with zero attached hydrogens (tertiary/aromatic N) is 2. The van der Waals surface area contributed by atoms with E-state index in [1.807, 2.05) is 38.5 Å². The van der Waals surface area contributed by atoms with Crippen LogP contribution >= 0.6 is 11.3 Å². The zero-order valence-corrected chi connectivity index (χ0v) is 10.3. The molecule has 0 bridgehead atoms. The summed E-state index contributed by atoms with van der Waals surface area (Å²) in [5.74, 6) is 0. The summed E-state index contributed by atoms with van der Waals surface area (Å²) in [6.45, 7) is 0.875. The molecule has 2 aromatic rings. The van der Waals surface area contributed by atoms with Crippen molar-refractivity contribution < 1.29 is 0 Å². The molecule has 16 heavy (non-hydrogen) atoms. The molecule has 3 nitrogen and oxygen atoms in total. The zero-order chi connectivity index (χ0) is 11.4. The van der Waals surface area contributed by atoms with E-state index in [0.717, 1.165) is 17.4 Å². The van der Waals surface area contributed by atoms with Crippen LogP contribution in [0.3, 0.4) is 0 Å². The number of benzene rings is 1. The van der Waals surface area contributed by atoms with E-state index in [9.17, 15) is 0 Å². The second kappa shape index (κ2) is 5.09. The predicted octanol–water partition coefficient (Wildman–Crippen LogP) is 2.63. The number of para-hydroxylation sites is 1. The highest BCUT2D eigenvalue weighted by atomic mass is 32.1. The van der Waals surface area contributed by atoms with Crippen LogP contribution in [0.2, 0.25) is 0 Å². The van der Waals surface area contributed by atoms with Gasteiger partial charge < -0.3 is 10.2 Å². The number of thiazole rings is 1. The highest BCUT2D eigenvalue weighted by Gasteiger charge is 2.07. The quantitative estimate of drug-likeness (QED) is 0.880. The van der Waals surface area contributed by atoms with Gasteiger partial charge in [-0.2, -0.15) is 0 Å². The molecule has 0 saturated heterocycles. The first-order valence-corrected chi connectivity index (χ1v) is 6.01. The summed E-state index contributed by atoms with van der Waals surface area (Å²) < 4.78 is 0. The van der Waals surface area contributed by atoms with Crippen LogP contribution in [0.4, 0.5) is 10.8 Å². The van der Waals surface area contributed by atoms with E-state index in [0.29, 0.717) is 0 Å². The van der Waals surface area contributed by atoms with E-state index in [4.69, 9.17) is 0 Å². The topological polar surface area (TPSA) is 28.2 Å². The lowest BCUT2D eigenvalue weighted by Gasteiger charge is -2.15. The smallest absolute Gasteiger partial charge is 0.189 e. The van der Waals surface area contributed by atoms with Gasteiger partial charge in [-0.3, -0.25) is 0 Å². The highest BCUT2D eigenvalue weighted by Crippen LogP contribution is 2.27. The average Bonchev–Trinajstić information content (AvgIpc) is 2.78. The summed E-state index contributed by atoms with van der Waals surface area (Å²) >= 11 is 1.71. The number of hydrogen-bond acceptors (Lipinski definition) is 4. The molecule has 0 aliphatic rings. The summed E-state index contributed by atoms with van der Waals surface area (Å²) in [5, 5.41) is 4.15. The van der Waals surface area contributed by atoms with E-state index in [1.165, 1.54) is 4.88 Å². The minimum absolute atomic E-state index is 0.875. The summed E-state index contributed by atoms with van der Waals surface area (Å²) in [6.07, 6.45) is 1.93. The minimum Gasteiger partial charge on any atom is -0.321 e. The van der Waals surface area contributed by atoms with Crippen LogP contribution in [-0.2, 0) is 6.54 Å². The lowest BCUT2D eigenvalue weighted by atomic mass is 10.3. The summed E-state index contributed by atoms with van der Waals surface area (Å²) in [6, 6.07) is 10.3. The molecule has 1 heterocycles. The van der Waals surface area contributed by atoms with Crippen molar-refractivity contribution in [3.8, 4) is 0 Å². The predicted molar refractivity (Wildman–Crippen MR) is 69.4 cm³/mol. The molecule has 0 amide bonds. The third kappa shape index (κ3) is 2.40. The molecule has 0 atom stereocenters. The van der Waals surface area contributed by atoms with Crippen LogP contribution < -0.4 is 10.2 Å². The Morgan fingerprint density at radius 3 is 2.75 bits per heavy atom. The highest BCUT2D eigenvalue weighted by molar-refractivity contribution is 7.15. The standard InChI is InChI=1S/C12H15N3S/c1-13-8-11-9-14-12(16-11)15(2)10-6-4-3-5-7-10/h3-7,9,13H,8H2,1-2H3. The Hall–Kier alpha value is -1.39. The van der Waals surface area contributed by atoms with Crippen LogP contribution in [0, 0.1) is 0 Å². The van der Waals surface area contributed by atoms with Crippen molar-refractivity contribution in [3.63, 3.8) is 0 Å². The van der Waals surface area contributed by atoms with E-state index >= 15 is 0 Å². The SMILES string of the molecule is CNCc1cnc(N(C)c2ccccc2)s1. The van der Waals surface area contributed by atoms with Gasteiger partial charge >= 0.3 is 0 Å². The largest absolute Gasteiger partial charge is 0.321 e. The van der Waals surface area contributed by atoms with Crippen LogP contribution in [0.15, 0.2) is 36.5 Å². The molecule has 1 N–H and O–H groups in total. The van der Waals surface area contributed by atoms with E-state index in [-0.39, 0.29) is 0 Å². The molecule has 0 aliphatic heterocycles. The van der Waals surface area contributed by atoms with Crippen molar-refractivity contribution >= 4 is 22.2 Å². The first kappa shape index (κ1) is 11.1. The first-order chi connectivity index (χ1) is 7.81. The molecule has 1 aromatic heterocycles. The van der Waals surface area contributed by atoms with Gasteiger partial charge in [0.2, 0.25) is 0 Å². The van der Waals surface area contributed by atoms with Gasteiger partial charge in [0, 0.05) is 30.4 Å². The molecule has 0 unspecified atom stereocenters. The Balaban J connectivity index is 2.17. The number of nitrogens with one attached hydrogen (secondary N) is 1. The fraction of sp³-hybridized carbons (Fsp3) is 0.250. The molecule has 0 fully saturated rings. The van der Waals surface area contributed by atoms with Crippen LogP contribution in [0.5, 0.6) is 0 Å². The van der Waals surface area contributed by atoms with Gasteiger partial charge in [-0.15, -0.1) is 11.3 Å². The van der Waals surface area contributed by atoms with Gasteiger partial charge in [0.25, 0.3) is 0 Å². The number of hydrogen-bond donors (Lipinski definition) is 1. The maximum atomic E-state index is 4.42. The maximum absolute atomic E-state index is 4.42. The number of rotatable bonds is 4. The van der Waals surface area contributed by atoms with Crippen LogP contribution in [0.1, 0.15) is 4.88 Å². The third-order valence-electron chi connectivity index (χ3n) is 2.32. The van der Waals surface area contributed by atoms with Gasteiger partial charge in [-0.1, -0.05) is 18.2 Å². The Morgan fingerprint density at radius 2 is 2.06 bits per heavy atom. The molecule has 0 saturated carbocycles. The van der Waals surface area contributed by atoms with Crippen molar-refractivity contribution in [2.75, 3.05) is 19.0 Å². The lowest BCUT2D eigenvalue weighted by Crippen LogP contribution is -2.08. The van der Waals surface area contributed by atoms with Crippen molar-refractivity contribution in [1.29, 1.82) is 0 Å². The molecule has 84 valence electrons. The van der Waals surface area contributed by atoms with Crippen molar-refractivity contribution in [2.24, 2.45) is 0 Å². The third-order valence-corrected chi connectivity index (χ3v) is 3.40.